The van der Waals surface area contributed by atoms with Crippen molar-refractivity contribution < 1.29 is 4.79 Å². The zero-order valence-corrected chi connectivity index (χ0v) is 13.1. The molecule has 0 saturated heterocycles. The molecule has 1 N–H and O–H groups in total. The third kappa shape index (κ3) is 3.88. The maximum atomic E-state index is 11.9. The van der Waals surface area contributed by atoms with Crippen molar-refractivity contribution in [2.45, 2.75) is 6.04 Å². The first kappa shape index (κ1) is 16.1. The number of hydrogen-bond acceptors (Lipinski definition) is 3. The third-order valence-electron chi connectivity index (χ3n) is 2.86. The van der Waals surface area contributed by atoms with Crippen LogP contribution in [-0.2, 0) is 11.8 Å². The number of aryl methyl sites for hydroxylation is 1. The van der Waals surface area contributed by atoms with E-state index in [-0.39, 0.29) is 5.02 Å². The average molecular weight is 335 g/mol. The molecule has 1 aromatic heterocycles. The number of hydrogen-bond donors (Lipinski definition) is 1. The smallest absolute Gasteiger partial charge is 0.245 e. The van der Waals surface area contributed by atoms with E-state index in [4.69, 9.17) is 23.2 Å². The molecule has 0 aliphatic heterocycles. The van der Waals surface area contributed by atoms with Crippen molar-refractivity contribution in [2.24, 2.45) is 7.05 Å². The van der Waals surface area contributed by atoms with Crippen molar-refractivity contribution in [1.82, 2.24) is 15.1 Å². The Bertz CT molecular complexity index is 761. The van der Waals surface area contributed by atoms with Crippen LogP contribution >= 0.6 is 23.2 Å². The molecule has 1 heterocycles. The topological polar surface area (TPSA) is 70.7 Å². The van der Waals surface area contributed by atoms with Crippen LogP contribution in [0.4, 0.5) is 0 Å². The van der Waals surface area contributed by atoms with E-state index in [2.05, 4.69) is 10.4 Å². The second-order valence-corrected chi connectivity index (χ2v) is 5.28. The van der Waals surface area contributed by atoms with Crippen LogP contribution < -0.4 is 5.32 Å². The van der Waals surface area contributed by atoms with E-state index in [0.717, 1.165) is 5.56 Å². The van der Waals surface area contributed by atoms with Crippen LogP contribution in [0.2, 0.25) is 10.0 Å². The Balaban J connectivity index is 2.10. The molecule has 0 radical (unpaired) electrons. The minimum Gasteiger partial charge on any atom is -0.333 e. The lowest BCUT2D eigenvalue weighted by Crippen LogP contribution is -2.26. The zero-order chi connectivity index (χ0) is 16.1. The minimum atomic E-state index is -0.878. The fourth-order valence-corrected chi connectivity index (χ4v) is 2.23. The molecule has 7 heteroatoms. The highest BCUT2D eigenvalue weighted by atomic mass is 35.5. The standard InChI is InChI=1S/C15H12Cl2N4O/c1-21-9-10(8-19-21)5-6-14(22)20-13(7-18)11-3-2-4-12(16)15(11)17/h2-6,8-9,13H,1H3,(H,20,22). The van der Waals surface area contributed by atoms with Crippen molar-refractivity contribution in [3.63, 3.8) is 0 Å². The van der Waals surface area contributed by atoms with Crippen LogP contribution in [0.5, 0.6) is 0 Å². The second-order valence-electron chi connectivity index (χ2n) is 4.49. The summed E-state index contributed by atoms with van der Waals surface area (Å²) in [5.41, 5.74) is 1.24. The van der Waals surface area contributed by atoms with Crippen molar-refractivity contribution in [3.05, 3.63) is 57.8 Å². The van der Waals surface area contributed by atoms with Gasteiger partial charge in [-0.3, -0.25) is 9.48 Å². The highest BCUT2D eigenvalue weighted by molar-refractivity contribution is 6.42. The monoisotopic (exact) mass is 334 g/mol. The van der Waals surface area contributed by atoms with E-state index in [1.54, 1.807) is 48.4 Å². The largest absolute Gasteiger partial charge is 0.333 e. The van der Waals surface area contributed by atoms with Gasteiger partial charge in [0.05, 0.1) is 22.3 Å². The molecule has 5 nitrogen and oxygen atoms in total. The Hall–Kier alpha value is -2.29. The maximum absolute atomic E-state index is 11.9. The van der Waals surface area contributed by atoms with Gasteiger partial charge in [0.15, 0.2) is 0 Å². The summed E-state index contributed by atoms with van der Waals surface area (Å²) in [6, 6.07) is 6.05. The first-order valence-corrected chi connectivity index (χ1v) is 7.07. The summed E-state index contributed by atoms with van der Waals surface area (Å²) in [6.07, 6.45) is 6.33. The molecular weight excluding hydrogens is 323 g/mol. The number of halogens is 2. The summed E-state index contributed by atoms with van der Waals surface area (Å²) in [5, 5.41) is 16.4. The molecule has 0 fully saturated rings. The quantitative estimate of drug-likeness (QED) is 0.873. The molecule has 1 unspecified atom stereocenters. The lowest BCUT2D eigenvalue weighted by atomic mass is 10.1. The molecule has 1 aromatic carbocycles. The number of nitriles is 1. The molecule has 22 heavy (non-hydrogen) atoms. The predicted molar refractivity (Wildman–Crippen MR) is 85.2 cm³/mol. The Labute approximate surface area is 137 Å². The summed E-state index contributed by atoms with van der Waals surface area (Å²) >= 11 is 12.0. The number of rotatable bonds is 4. The first-order valence-electron chi connectivity index (χ1n) is 6.32. The van der Waals surface area contributed by atoms with Gasteiger partial charge in [0.1, 0.15) is 6.04 Å². The number of amides is 1. The number of carbonyl (C=O) groups excluding carboxylic acids is 1. The van der Waals surface area contributed by atoms with Crippen LogP contribution in [0.1, 0.15) is 17.2 Å². The van der Waals surface area contributed by atoms with Gasteiger partial charge < -0.3 is 5.32 Å². The third-order valence-corrected chi connectivity index (χ3v) is 3.69. The first-order chi connectivity index (χ1) is 10.5. The molecule has 112 valence electrons. The minimum absolute atomic E-state index is 0.257. The molecular formula is C15H12Cl2N4O. The van der Waals surface area contributed by atoms with Crippen molar-refractivity contribution >= 4 is 35.2 Å². The predicted octanol–water partition coefficient (Wildman–Crippen LogP) is 3.12. The van der Waals surface area contributed by atoms with E-state index < -0.39 is 11.9 Å². The van der Waals surface area contributed by atoms with Crippen LogP contribution in [0.25, 0.3) is 6.08 Å². The SMILES string of the molecule is Cn1cc(C=CC(=O)NC(C#N)c2cccc(Cl)c2Cl)cn1. The van der Waals surface area contributed by atoms with E-state index in [9.17, 15) is 10.1 Å². The van der Waals surface area contributed by atoms with Crippen LogP contribution in [-0.4, -0.2) is 15.7 Å². The summed E-state index contributed by atoms with van der Waals surface area (Å²) in [5.74, 6) is -0.411. The molecule has 0 aliphatic rings. The van der Waals surface area contributed by atoms with E-state index >= 15 is 0 Å². The normalized spacial score (nSPS) is 12.1. The Morgan fingerprint density at radius 2 is 2.27 bits per heavy atom. The fourth-order valence-electron chi connectivity index (χ4n) is 1.81. The number of nitrogens with zero attached hydrogens (tertiary/aromatic N) is 3. The summed E-state index contributed by atoms with van der Waals surface area (Å²) in [4.78, 5) is 11.9. The lowest BCUT2D eigenvalue weighted by Gasteiger charge is -2.12. The Kier molecular flexibility index (Phi) is 5.21. The second kappa shape index (κ2) is 7.12. The molecule has 0 bridgehead atoms. The molecule has 0 aliphatic carbocycles. The van der Waals surface area contributed by atoms with Crippen LogP contribution in [0.15, 0.2) is 36.7 Å². The molecule has 2 aromatic rings. The number of aromatic nitrogens is 2. The van der Waals surface area contributed by atoms with Gasteiger partial charge in [-0.25, -0.2) is 0 Å². The van der Waals surface area contributed by atoms with Crippen molar-refractivity contribution in [2.75, 3.05) is 0 Å². The highest BCUT2D eigenvalue weighted by Gasteiger charge is 2.17. The summed E-state index contributed by atoms with van der Waals surface area (Å²) < 4.78 is 1.63. The summed E-state index contributed by atoms with van der Waals surface area (Å²) in [7, 11) is 1.78. The van der Waals surface area contributed by atoms with Gasteiger partial charge in [-0.05, 0) is 12.1 Å². The van der Waals surface area contributed by atoms with Gasteiger partial charge in [-0.15, -0.1) is 0 Å². The van der Waals surface area contributed by atoms with Gasteiger partial charge in [0.2, 0.25) is 5.91 Å². The van der Waals surface area contributed by atoms with E-state index in [0.29, 0.717) is 10.6 Å². The Morgan fingerprint density at radius 1 is 1.50 bits per heavy atom. The van der Waals surface area contributed by atoms with Gasteiger partial charge in [0.25, 0.3) is 0 Å². The molecule has 1 amide bonds. The average Bonchev–Trinajstić information content (AvgIpc) is 2.91. The summed E-state index contributed by atoms with van der Waals surface area (Å²) in [6.45, 7) is 0. The maximum Gasteiger partial charge on any atom is 0.245 e. The van der Waals surface area contributed by atoms with Gasteiger partial charge >= 0.3 is 0 Å². The van der Waals surface area contributed by atoms with Crippen molar-refractivity contribution in [1.29, 1.82) is 5.26 Å². The zero-order valence-electron chi connectivity index (χ0n) is 11.6. The number of nitrogens with one attached hydrogen (secondary N) is 1. The molecule has 2 rings (SSSR count). The lowest BCUT2D eigenvalue weighted by molar-refractivity contribution is -0.116. The van der Waals surface area contributed by atoms with Crippen molar-refractivity contribution in [3.8, 4) is 6.07 Å². The van der Waals surface area contributed by atoms with E-state index in [1.807, 2.05) is 6.07 Å². The van der Waals surface area contributed by atoms with Gasteiger partial charge in [0, 0.05) is 30.4 Å². The highest BCUT2D eigenvalue weighted by Crippen LogP contribution is 2.29. The van der Waals surface area contributed by atoms with Gasteiger partial charge in [-0.2, -0.15) is 10.4 Å². The molecule has 0 spiro atoms. The molecule has 1 atom stereocenters. The number of benzene rings is 1. The number of carbonyl (C=O) groups is 1. The van der Waals surface area contributed by atoms with Crippen LogP contribution in [0.3, 0.4) is 0 Å². The molecule has 0 saturated carbocycles. The Morgan fingerprint density at radius 3 is 2.91 bits per heavy atom. The van der Waals surface area contributed by atoms with E-state index in [1.165, 1.54) is 6.08 Å². The fraction of sp³-hybridized carbons (Fsp3) is 0.133. The van der Waals surface area contributed by atoms with Gasteiger partial charge in [-0.1, -0.05) is 35.3 Å². The van der Waals surface area contributed by atoms with Crippen LogP contribution in [0, 0.1) is 11.3 Å².